The topological polar surface area (TPSA) is 88.1 Å². The molecule has 168 valence electrons. The lowest BCUT2D eigenvalue weighted by atomic mass is 10.1. The highest BCUT2D eigenvalue weighted by Gasteiger charge is 2.20. The summed E-state index contributed by atoms with van der Waals surface area (Å²) in [6.45, 7) is 7.16. The van der Waals surface area contributed by atoms with Gasteiger partial charge < -0.3 is 23.7 Å². The summed E-state index contributed by atoms with van der Waals surface area (Å²) in [5.41, 5.74) is 2.00. The first-order valence-corrected chi connectivity index (χ1v) is 11.2. The van der Waals surface area contributed by atoms with Gasteiger partial charge in [-0.15, -0.1) is 11.3 Å². The van der Waals surface area contributed by atoms with E-state index in [1.807, 2.05) is 44.4 Å². The Bertz CT molecular complexity index is 1090. The second kappa shape index (κ2) is 9.78. The minimum Gasteiger partial charge on any atom is -0.490 e. The van der Waals surface area contributed by atoms with Crippen molar-refractivity contribution in [3.63, 3.8) is 0 Å². The minimum atomic E-state index is -0.318. The molecule has 0 unspecified atom stereocenters. The van der Waals surface area contributed by atoms with E-state index in [9.17, 15) is 4.79 Å². The third-order valence-corrected chi connectivity index (χ3v) is 5.32. The number of carbonyl (C=O) groups is 1. The molecular formula is C23H24N2O6S. The van der Waals surface area contributed by atoms with Crippen LogP contribution in [0.1, 0.15) is 31.1 Å². The van der Waals surface area contributed by atoms with Crippen molar-refractivity contribution in [1.82, 2.24) is 4.98 Å². The highest BCUT2D eigenvalue weighted by molar-refractivity contribution is 7.14. The van der Waals surface area contributed by atoms with Gasteiger partial charge in [-0.25, -0.2) is 4.98 Å². The Balaban J connectivity index is 1.56. The Morgan fingerprint density at radius 3 is 2.38 bits per heavy atom. The normalized spacial score (nSPS) is 11.8. The molecule has 1 aliphatic rings. The van der Waals surface area contributed by atoms with Crippen molar-refractivity contribution in [2.75, 3.05) is 31.9 Å². The summed E-state index contributed by atoms with van der Waals surface area (Å²) in [6.07, 6.45) is 0. The molecule has 0 saturated heterocycles. The van der Waals surface area contributed by atoms with Gasteiger partial charge in [0, 0.05) is 16.5 Å². The largest absolute Gasteiger partial charge is 0.490 e. The zero-order valence-corrected chi connectivity index (χ0v) is 18.9. The van der Waals surface area contributed by atoms with E-state index in [1.165, 1.54) is 11.3 Å². The van der Waals surface area contributed by atoms with Crippen LogP contribution in [-0.4, -0.2) is 37.5 Å². The second-order valence-electron chi connectivity index (χ2n) is 6.66. The Morgan fingerprint density at radius 1 is 1.00 bits per heavy atom. The number of thiazole rings is 1. The fraction of sp³-hybridized carbons (Fsp3) is 0.304. The van der Waals surface area contributed by atoms with Crippen LogP contribution in [0.15, 0.2) is 35.7 Å². The van der Waals surface area contributed by atoms with Gasteiger partial charge in [0.25, 0.3) is 5.91 Å². The minimum absolute atomic E-state index is 0.215. The number of ether oxygens (including phenoxy) is 5. The molecule has 1 amide bonds. The predicted molar refractivity (Wildman–Crippen MR) is 122 cm³/mol. The van der Waals surface area contributed by atoms with Gasteiger partial charge in [-0.05, 0) is 51.1 Å². The number of fused-ring (bicyclic) bond motifs is 1. The van der Waals surface area contributed by atoms with Crippen LogP contribution >= 0.6 is 11.3 Å². The molecule has 0 atom stereocenters. The molecule has 0 spiro atoms. The van der Waals surface area contributed by atoms with Crippen LogP contribution in [0.25, 0.3) is 11.3 Å². The van der Waals surface area contributed by atoms with Gasteiger partial charge in [-0.3, -0.25) is 10.1 Å². The quantitative estimate of drug-likeness (QED) is 0.485. The Morgan fingerprint density at radius 2 is 1.69 bits per heavy atom. The molecule has 0 fully saturated rings. The van der Waals surface area contributed by atoms with Crippen LogP contribution in [0.4, 0.5) is 5.13 Å². The lowest BCUT2D eigenvalue weighted by molar-refractivity contribution is 0.102. The third-order valence-electron chi connectivity index (χ3n) is 4.56. The molecule has 0 aliphatic carbocycles. The van der Waals surface area contributed by atoms with Gasteiger partial charge in [0.05, 0.1) is 25.5 Å². The lowest BCUT2D eigenvalue weighted by Gasteiger charge is -2.16. The molecule has 1 aromatic heterocycles. The number of nitrogens with zero attached hydrogens (tertiary/aromatic N) is 1. The highest BCUT2D eigenvalue weighted by Crippen LogP contribution is 2.40. The maximum absolute atomic E-state index is 13.0. The molecule has 3 aromatic rings. The van der Waals surface area contributed by atoms with Crippen molar-refractivity contribution >= 4 is 22.4 Å². The molecule has 0 bridgehead atoms. The Kier molecular flexibility index (Phi) is 6.65. The first-order valence-electron chi connectivity index (χ1n) is 10.4. The van der Waals surface area contributed by atoms with Crippen molar-refractivity contribution < 1.29 is 28.5 Å². The van der Waals surface area contributed by atoms with E-state index in [0.29, 0.717) is 59.3 Å². The number of hydrogen-bond acceptors (Lipinski definition) is 8. The first-order chi connectivity index (χ1) is 15.6. The predicted octanol–water partition coefficient (Wildman–Crippen LogP) is 4.99. The smallest absolute Gasteiger partial charge is 0.257 e. The average Bonchev–Trinajstić information content (AvgIpc) is 3.45. The van der Waals surface area contributed by atoms with Crippen LogP contribution in [0, 0.1) is 0 Å². The number of benzene rings is 2. The molecule has 2 aromatic carbocycles. The molecule has 8 nitrogen and oxygen atoms in total. The molecule has 32 heavy (non-hydrogen) atoms. The molecule has 0 radical (unpaired) electrons. The molecule has 0 saturated carbocycles. The van der Waals surface area contributed by atoms with Crippen molar-refractivity contribution in [3.05, 3.63) is 41.3 Å². The average molecular weight is 457 g/mol. The molecule has 1 N–H and O–H groups in total. The number of nitrogens with one attached hydrogen (secondary N) is 1. The van der Waals surface area contributed by atoms with E-state index < -0.39 is 0 Å². The van der Waals surface area contributed by atoms with Gasteiger partial charge >= 0.3 is 0 Å². The van der Waals surface area contributed by atoms with Crippen molar-refractivity contribution in [1.29, 1.82) is 0 Å². The van der Waals surface area contributed by atoms with Gasteiger partial charge in [0.15, 0.2) is 28.1 Å². The van der Waals surface area contributed by atoms with Gasteiger partial charge in [0.2, 0.25) is 12.5 Å². The second-order valence-corrected chi connectivity index (χ2v) is 7.52. The third kappa shape index (κ3) is 4.57. The van der Waals surface area contributed by atoms with Crippen molar-refractivity contribution in [2.24, 2.45) is 0 Å². The van der Waals surface area contributed by atoms with Crippen LogP contribution in [-0.2, 0) is 0 Å². The van der Waals surface area contributed by atoms with E-state index in [-0.39, 0.29) is 12.7 Å². The van der Waals surface area contributed by atoms with E-state index >= 15 is 0 Å². The van der Waals surface area contributed by atoms with Gasteiger partial charge in [-0.2, -0.15) is 0 Å². The highest BCUT2D eigenvalue weighted by atomic mass is 32.1. The zero-order chi connectivity index (χ0) is 22.5. The molecule has 4 rings (SSSR count). The standard InChI is InChI=1S/C23H24N2O6S/c1-4-27-19-10-15(11-20(28-5-2)21(19)29-6-3)22(26)25-23-24-16(12-32-23)14-7-8-17-18(9-14)31-13-30-17/h7-12H,4-6,13H2,1-3H3,(H,24,25,26). The van der Waals surface area contributed by atoms with E-state index in [1.54, 1.807) is 12.1 Å². The molecule has 1 aliphatic heterocycles. The summed E-state index contributed by atoms with van der Waals surface area (Å²) in [7, 11) is 0. The SMILES string of the molecule is CCOc1cc(C(=O)Nc2nc(-c3ccc4c(c3)OCO4)cs2)cc(OCC)c1OCC. The zero-order valence-electron chi connectivity index (χ0n) is 18.1. The van der Waals surface area contributed by atoms with Crippen molar-refractivity contribution in [3.8, 4) is 40.0 Å². The number of hydrogen-bond donors (Lipinski definition) is 1. The van der Waals surface area contributed by atoms with E-state index in [2.05, 4.69) is 10.3 Å². The summed E-state index contributed by atoms with van der Waals surface area (Å²) in [5, 5.41) is 5.21. The van der Waals surface area contributed by atoms with Crippen LogP contribution in [0.5, 0.6) is 28.7 Å². The van der Waals surface area contributed by atoms with E-state index in [0.717, 1.165) is 11.3 Å². The maximum Gasteiger partial charge on any atom is 0.257 e. The van der Waals surface area contributed by atoms with Crippen LogP contribution in [0.3, 0.4) is 0 Å². The Hall–Kier alpha value is -3.46. The number of carbonyl (C=O) groups excluding carboxylic acids is 1. The summed E-state index contributed by atoms with van der Waals surface area (Å²) in [4.78, 5) is 17.5. The van der Waals surface area contributed by atoms with Crippen LogP contribution in [0.2, 0.25) is 0 Å². The molecule has 9 heteroatoms. The number of amides is 1. The van der Waals surface area contributed by atoms with E-state index in [4.69, 9.17) is 23.7 Å². The molecular weight excluding hydrogens is 432 g/mol. The van der Waals surface area contributed by atoms with Gasteiger partial charge in [0.1, 0.15) is 0 Å². The Labute approximate surface area is 190 Å². The number of rotatable bonds is 9. The fourth-order valence-electron chi connectivity index (χ4n) is 3.21. The monoisotopic (exact) mass is 456 g/mol. The number of anilines is 1. The van der Waals surface area contributed by atoms with Gasteiger partial charge in [-0.1, -0.05) is 0 Å². The molecule has 2 heterocycles. The summed E-state index contributed by atoms with van der Waals surface area (Å²) < 4.78 is 27.9. The summed E-state index contributed by atoms with van der Waals surface area (Å²) >= 11 is 1.34. The lowest BCUT2D eigenvalue weighted by Crippen LogP contribution is -2.13. The maximum atomic E-state index is 13.0. The number of aromatic nitrogens is 1. The fourth-order valence-corrected chi connectivity index (χ4v) is 3.92. The van der Waals surface area contributed by atoms with Crippen LogP contribution < -0.4 is 29.0 Å². The first kappa shape index (κ1) is 21.8. The van der Waals surface area contributed by atoms with Crippen molar-refractivity contribution in [2.45, 2.75) is 20.8 Å². The summed E-state index contributed by atoms with van der Waals surface area (Å²) in [6, 6.07) is 8.93. The summed E-state index contributed by atoms with van der Waals surface area (Å²) in [5.74, 6) is 2.50.